The quantitative estimate of drug-likeness (QED) is 0.685. The molecule has 3 rings (SSSR count). The molecule has 0 bridgehead atoms. The molecular weight excluding hydrogens is 380 g/mol. The predicted octanol–water partition coefficient (Wildman–Crippen LogP) is 3.53. The first kappa shape index (κ1) is 19.6. The van der Waals surface area contributed by atoms with E-state index in [1.165, 1.54) is 29.8 Å². The highest BCUT2D eigenvalue weighted by atomic mass is 19.4. The predicted molar refractivity (Wildman–Crippen MR) is 92.7 cm³/mol. The molecule has 1 aromatic carbocycles. The fourth-order valence-electron chi connectivity index (χ4n) is 2.60. The molecule has 0 saturated heterocycles. The first-order chi connectivity index (χ1) is 13.1. The Morgan fingerprint density at radius 3 is 2.64 bits per heavy atom. The molecule has 3 aromatic rings. The van der Waals surface area contributed by atoms with Gasteiger partial charge in [-0.3, -0.25) is 4.79 Å². The number of halogens is 4. The molecule has 2 aromatic heterocycles. The zero-order valence-electron chi connectivity index (χ0n) is 15.1. The van der Waals surface area contributed by atoms with Gasteiger partial charge in [-0.1, -0.05) is 0 Å². The average molecular weight is 396 g/mol. The van der Waals surface area contributed by atoms with Crippen LogP contribution in [-0.4, -0.2) is 39.8 Å². The van der Waals surface area contributed by atoms with E-state index in [9.17, 15) is 22.4 Å². The average Bonchev–Trinajstić information content (AvgIpc) is 3.06. The zero-order chi connectivity index (χ0) is 20.6. The van der Waals surface area contributed by atoms with E-state index in [0.717, 1.165) is 13.1 Å². The van der Waals surface area contributed by atoms with Gasteiger partial charge in [-0.25, -0.2) is 13.9 Å². The molecule has 0 aliphatic heterocycles. The maximum absolute atomic E-state index is 13.7. The van der Waals surface area contributed by atoms with Crippen molar-refractivity contribution >= 4 is 11.6 Å². The van der Waals surface area contributed by atoms with Crippen molar-refractivity contribution in [2.45, 2.75) is 26.1 Å². The number of ether oxygens (including phenoxy) is 1. The molecule has 2 heterocycles. The van der Waals surface area contributed by atoms with Crippen LogP contribution >= 0.6 is 0 Å². The molecule has 28 heavy (non-hydrogen) atoms. The van der Waals surface area contributed by atoms with Gasteiger partial charge in [-0.2, -0.15) is 18.3 Å². The van der Waals surface area contributed by atoms with Crippen LogP contribution in [0.2, 0.25) is 0 Å². The van der Waals surface area contributed by atoms with Gasteiger partial charge in [0.15, 0.2) is 17.2 Å². The number of alkyl halides is 3. The molecule has 1 unspecified atom stereocenters. The van der Waals surface area contributed by atoms with Crippen LogP contribution in [0.1, 0.15) is 23.0 Å². The molecule has 0 aliphatic carbocycles. The Morgan fingerprint density at radius 2 is 2.00 bits per heavy atom. The summed E-state index contributed by atoms with van der Waals surface area (Å²) in [5.41, 5.74) is 1.48. The number of aromatic nitrogens is 3. The van der Waals surface area contributed by atoms with E-state index in [1.54, 1.807) is 13.0 Å². The van der Waals surface area contributed by atoms with Crippen molar-refractivity contribution < 1.29 is 27.1 Å². The minimum absolute atomic E-state index is 0.0160. The summed E-state index contributed by atoms with van der Waals surface area (Å²) < 4.78 is 58.1. The van der Waals surface area contributed by atoms with Crippen LogP contribution < -0.4 is 10.1 Å². The number of hydrogen-bond donors (Lipinski definition) is 1. The summed E-state index contributed by atoms with van der Waals surface area (Å²) in [5.74, 6) is -1.47. The van der Waals surface area contributed by atoms with Gasteiger partial charge in [0, 0.05) is 11.3 Å². The van der Waals surface area contributed by atoms with Crippen LogP contribution in [-0.2, 0) is 0 Å². The minimum atomic E-state index is -4.57. The first-order valence-corrected chi connectivity index (χ1v) is 8.18. The highest BCUT2D eigenvalue weighted by Gasteiger charge is 2.37. The van der Waals surface area contributed by atoms with Crippen molar-refractivity contribution in [3.63, 3.8) is 0 Å². The largest absolute Gasteiger partial charge is 0.494 e. The maximum Gasteiger partial charge on any atom is 0.408 e. The third kappa shape index (κ3) is 3.62. The van der Waals surface area contributed by atoms with Gasteiger partial charge in [-0.15, -0.1) is 0 Å². The molecule has 0 aliphatic rings. The molecule has 1 atom stereocenters. The third-order valence-electron chi connectivity index (χ3n) is 4.18. The number of benzene rings is 1. The van der Waals surface area contributed by atoms with Crippen LogP contribution in [0, 0.1) is 12.7 Å². The summed E-state index contributed by atoms with van der Waals surface area (Å²) in [6.07, 6.45) is -3.42. The molecule has 0 saturated carbocycles. The Morgan fingerprint density at radius 1 is 1.29 bits per heavy atom. The van der Waals surface area contributed by atoms with Crippen LogP contribution in [0.3, 0.4) is 0 Å². The van der Waals surface area contributed by atoms with Crippen molar-refractivity contribution in [3.8, 4) is 17.0 Å². The number of carbonyl (C=O) groups excluding carboxylic acids is 1. The van der Waals surface area contributed by atoms with E-state index < -0.39 is 23.9 Å². The lowest BCUT2D eigenvalue weighted by Crippen LogP contribution is -2.43. The molecule has 0 fully saturated rings. The summed E-state index contributed by atoms with van der Waals surface area (Å²) in [6.45, 7) is 2.55. The highest BCUT2D eigenvalue weighted by Crippen LogP contribution is 2.27. The Kier molecular flexibility index (Phi) is 4.97. The number of methoxy groups -OCH3 is 1. The molecule has 148 valence electrons. The zero-order valence-corrected chi connectivity index (χ0v) is 15.1. The maximum atomic E-state index is 13.7. The number of carbonyl (C=O) groups is 1. The van der Waals surface area contributed by atoms with Crippen LogP contribution in [0.25, 0.3) is 16.9 Å². The van der Waals surface area contributed by atoms with Gasteiger partial charge >= 0.3 is 6.18 Å². The van der Waals surface area contributed by atoms with Crippen molar-refractivity contribution in [1.29, 1.82) is 0 Å². The monoisotopic (exact) mass is 396 g/mol. The van der Waals surface area contributed by atoms with E-state index in [-0.39, 0.29) is 17.0 Å². The summed E-state index contributed by atoms with van der Waals surface area (Å²) in [4.78, 5) is 16.6. The van der Waals surface area contributed by atoms with Gasteiger partial charge < -0.3 is 10.1 Å². The molecule has 0 radical (unpaired) electrons. The number of nitrogens with one attached hydrogen (secondary N) is 1. The number of rotatable bonds is 4. The molecule has 6 nitrogen and oxygen atoms in total. The number of fused-ring (bicyclic) bond motifs is 1. The number of nitrogens with zero attached hydrogens (tertiary/aromatic N) is 3. The second kappa shape index (κ2) is 7.10. The second-order valence-corrected chi connectivity index (χ2v) is 6.16. The smallest absolute Gasteiger partial charge is 0.408 e. The fraction of sp³-hybridized carbons (Fsp3) is 0.278. The second-order valence-electron chi connectivity index (χ2n) is 6.16. The summed E-state index contributed by atoms with van der Waals surface area (Å²) >= 11 is 0. The summed E-state index contributed by atoms with van der Waals surface area (Å²) in [6, 6.07) is 3.77. The summed E-state index contributed by atoms with van der Waals surface area (Å²) in [7, 11) is 1.32. The van der Waals surface area contributed by atoms with E-state index in [2.05, 4.69) is 10.1 Å². The van der Waals surface area contributed by atoms with E-state index in [0.29, 0.717) is 17.0 Å². The van der Waals surface area contributed by atoms with Crippen LogP contribution in [0.15, 0.2) is 30.5 Å². The lowest BCUT2D eigenvalue weighted by Gasteiger charge is -2.16. The SMILES string of the molecule is COc1cc(-c2cc(C)n3ncc(C(=O)NC(C)C(F)(F)F)c3n2)ccc1F. The highest BCUT2D eigenvalue weighted by molar-refractivity contribution is 6.00. The van der Waals surface area contributed by atoms with Crippen molar-refractivity contribution in [1.82, 2.24) is 19.9 Å². The van der Waals surface area contributed by atoms with Gasteiger partial charge in [-0.05, 0) is 38.1 Å². The fourth-order valence-corrected chi connectivity index (χ4v) is 2.60. The Bertz CT molecular complexity index is 1050. The lowest BCUT2D eigenvalue weighted by atomic mass is 10.1. The standard InChI is InChI=1S/C18H16F4N4O2/c1-9-6-14(11-4-5-13(19)15(7-11)28-3)25-16-12(8-23-26(9)16)17(27)24-10(2)18(20,21)22/h4-8,10H,1-3H3,(H,24,27). The first-order valence-electron chi connectivity index (χ1n) is 8.18. The Hall–Kier alpha value is -3.17. The number of aryl methyl sites for hydroxylation is 1. The van der Waals surface area contributed by atoms with Gasteiger partial charge in [0.1, 0.15) is 11.6 Å². The number of amides is 1. The Labute approximate surface area is 157 Å². The van der Waals surface area contributed by atoms with Gasteiger partial charge in [0.2, 0.25) is 0 Å². The molecule has 0 spiro atoms. The third-order valence-corrected chi connectivity index (χ3v) is 4.18. The van der Waals surface area contributed by atoms with Crippen molar-refractivity contribution in [2.75, 3.05) is 7.11 Å². The van der Waals surface area contributed by atoms with Crippen LogP contribution in [0.5, 0.6) is 5.75 Å². The topological polar surface area (TPSA) is 68.5 Å². The molecule has 1 amide bonds. The normalized spacial score (nSPS) is 12.8. The van der Waals surface area contributed by atoms with E-state index >= 15 is 0 Å². The van der Waals surface area contributed by atoms with Gasteiger partial charge in [0.05, 0.1) is 19.0 Å². The van der Waals surface area contributed by atoms with Crippen LogP contribution in [0.4, 0.5) is 17.6 Å². The van der Waals surface area contributed by atoms with Crippen molar-refractivity contribution in [2.24, 2.45) is 0 Å². The van der Waals surface area contributed by atoms with E-state index in [4.69, 9.17) is 4.74 Å². The molecule has 1 N–H and O–H groups in total. The van der Waals surface area contributed by atoms with Crippen molar-refractivity contribution in [3.05, 3.63) is 47.5 Å². The minimum Gasteiger partial charge on any atom is -0.494 e. The summed E-state index contributed by atoms with van der Waals surface area (Å²) in [5, 5.41) is 5.91. The molecule has 10 heteroatoms. The number of hydrogen-bond acceptors (Lipinski definition) is 4. The Balaban J connectivity index is 2.05. The van der Waals surface area contributed by atoms with E-state index in [1.807, 2.05) is 5.32 Å². The van der Waals surface area contributed by atoms with Gasteiger partial charge in [0.25, 0.3) is 5.91 Å². The lowest BCUT2D eigenvalue weighted by molar-refractivity contribution is -0.149. The molecular formula is C18H16F4N4O2.